The van der Waals surface area contributed by atoms with E-state index in [9.17, 15) is 9.18 Å². The predicted octanol–water partition coefficient (Wildman–Crippen LogP) is 3.92. The molecule has 3 aromatic rings. The number of nitrogens with one attached hydrogen (secondary N) is 1. The maximum Gasteiger partial charge on any atom is 0.268 e. The van der Waals surface area contributed by atoms with E-state index in [1.807, 2.05) is 0 Å². The Kier molecular flexibility index (Phi) is 3.48. The summed E-state index contributed by atoms with van der Waals surface area (Å²) in [4.78, 5) is 17.4. The Morgan fingerprint density at radius 1 is 1.33 bits per heavy atom. The fourth-order valence-corrected chi connectivity index (χ4v) is 3.03. The highest BCUT2D eigenvalue weighted by molar-refractivity contribution is 7.21. The Morgan fingerprint density at radius 2 is 2.14 bits per heavy atom. The van der Waals surface area contributed by atoms with Crippen molar-refractivity contribution in [3.8, 4) is 0 Å². The van der Waals surface area contributed by atoms with Crippen LogP contribution in [0, 0.1) is 5.82 Å². The molecule has 0 saturated carbocycles. The Bertz CT molecular complexity index is 849. The lowest BCUT2D eigenvalue weighted by Gasteiger charge is -2.06. The standard InChI is InChI=1S/C14H9ClFN3OS/c15-8-4-1-5-9(10(8)16)19-13(20)12-11(17)7-3-2-6-18-14(7)21-12/h1-6H,17H2,(H,19,20). The van der Waals surface area contributed by atoms with E-state index in [-0.39, 0.29) is 10.7 Å². The molecule has 2 heterocycles. The van der Waals surface area contributed by atoms with Gasteiger partial charge in [0.2, 0.25) is 0 Å². The monoisotopic (exact) mass is 321 g/mol. The number of nitrogens with two attached hydrogens (primary N) is 1. The minimum absolute atomic E-state index is 0.0114. The molecule has 1 aromatic carbocycles. The van der Waals surface area contributed by atoms with Crippen LogP contribution in [0.15, 0.2) is 36.5 Å². The number of carbonyl (C=O) groups is 1. The van der Waals surface area contributed by atoms with Gasteiger partial charge in [-0.1, -0.05) is 17.7 Å². The number of rotatable bonds is 2. The number of carbonyl (C=O) groups excluding carboxylic acids is 1. The number of benzene rings is 1. The van der Waals surface area contributed by atoms with Crippen molar-refractivity contribution < 1.29 is 9.18 Å². The van der Waals surface area contributed by atoms with Crippen LogP contribution in [0.5, 0.6) is 0 Å². The van der Waals surface area contributed by atoms with Gasteiger partial charge in [0.05, 0.1) is 16.4 Å². The molecule has 4 nitrogen and oxygen atoms in total. The number of hydrogen-bond acceptors (Lipinski definition) is 4. The van der Waals surface area contributed by atoms with Gasteiger partial charge in [0.1, 0.15) is 9.71 Å². The highest BCUT2D eigenvalue weighted by atomic mass is 35.5. The van der Waals surface area contributed by atoms with Crippen LogP contribution >= 0.6 is 22.9 Å². The third-order valence-electron chi connectivity index (χ3n) is 2.91. The van der Waals surface area contributed by atoms with Gasteiger partial charge >= 0.3 is 0 Å². The average Bonchev–Trinajstić information content (AvgIpc) is 2.82. The number of thiophene rings is 1. The number of aromatic nitrogens is 1. The second-order valence-corrected chi connectivity index (χ2v) is 5.66. The molecule has 106 valence electrons. The summed E-state index contributed by atoms with van der Waals surface area (Å²) < 4.78 is 13.8. The van der Waals surface area contributed by atoms with Gasteiger partial charge in [-0.15, -0.1) is 11.3 Å². The van der Waals surface area contributed by atoms with Crippen molar-refractivity contribution >= 4 is 50.4 Å². The molecule has 0 aliphatic carbocycles. The fourth-order valence-electron chi connectivity index (χ4n) is 1.90. The number of anilines is 2. The zero-order valence-electron chi connectivity index (χ0n) is 10.6. The molecular formula is C14H9ClFN3OS. The largest absolute Gasteiger partial charge is 0.397 e. The summed E-state index contributed by atoms with van der Waals surface area (Å²) in [5.41, 5.74) is 6.30. The Morgan fingerprint density at radius 3 is 2.90 bits per heavy atom. The van der Waals surface area contributed by atoms with Crippen molar-refractivity contribution in [3.63, 3.8) is 0 Å². The first kappa shape index (κ1) is 13.8. The van der Waals surface area contributed by atoms with Crippen molar-refractivity contribution in [1.82, 2.24) is 4.98 Å². The molecule has 0 aliphatic rings. The summed E-state index contributed by atoms with van der Waals surface area (Å²) >= 11 is 6.84. The number of pyridine rings is 1. The molecule has 0 spiro atoms. The summed E-state index contributed by atoms with van der Waals surface area (Å²) in [6.45, 7) is 0. The molecule has 3 rings (SSSR count). The highest BCUT2D eigenvalue weighted by Gasteiger charge is 2.18. The molecule has 21 heavy (non-hydrogen) atoms. The van der Waals surface area contributed by atoms with Gasteiger partial charge in [-0.25, -0.2) is 9.37 Å². The number of halogens is 2. The number of hydrogen-bond donors (Lipinski definition) is 2. The second-order valence-electron chi connectivity index (χ2n) is 4.26. The molecule has 0 fully saturated rings. The third kappa shape index (κ3) is 2.43. The van der Waals surface area contributed by atoms with E-state index in [0.717, 1.165) is 11.3 Å². The van der Waals surface area contributed by atoms with Crippen LogP contribution < -0.4 is 11.1 Å². The quantitative estimate of drug-likeness (QED) is 0.751. The van der Waals surface area contributed by atoms with E-state index < -0.39 is 11.7 Å². The van der Waals surface area contributed by atoms with Gasteiger partial charge in [-0.3, -0.25) is 4.79 Å². The van der Waals surface area contributed by atoms with Crippen molar-refractivity contribution in [2.45, 2.75) is 0 Å². The lowest BCUT2D eigenvalue weighted by atomic mass is 10.2. The third-order valence-corrected chi connectivity index (χ3v) is 4.33. The fraction of sp³-hybridized carbons (Fsp3) is 0. The Balaban J connectivity index is 1.97. The van der Waals surface area contributed by atoms with Crippen LogP contribution in [0.4, 0.5) is 15.8 Å². The SMILES string of the molecule is Nc1c(C(=O)Nc2cccc(Cl)c2F)sc2ncccc12. The first-order valence-electron chi connectivity index (χ1n) is 5.96. The van der Waals surface area contributed by atoms with E-state index >= 15 is 0 Å². The molecule has 7 heteroatoms. The first-order valence-corrected chi connectivity index (χ1v) is 7.15. The molecule has 0 bridgehead atoms. The van der Waals surface area contributed by atoms with Crippen LogP contribution in [0.25, 0.3) is 10.2 Å². The lowest BCUT2D eigenvalue weighted by molar-refractivity contribution is 0.103. The zero-order valence-corrected chi connectivity index (χ0v) is 12.1. The van der Waals surface area contributed by atoms with E-state index in [1.165, 1.54) is 12.1 Å². The van der Waals surface area contributed by atoms with Gasteiger partial charge in [0, 0.05) is 11.6 Å². The normalized spacial score (nSPS) is 10.8. The lowest BCUT2D eigenvalue weighted by Crippen LogP contribution is -2.13. The van der Waals surface area contributed by atoms with E-state index in [1.54, 1.807) is 24.4 Å². The summed E-state index contributed by atoms with van der Waals surface area (Å²) in [6.07, 6.45) is 1.62. The number of fused-ring (bicyclic) bond motifs is 1. The minimum Gasteiger partial charge on any atom is -0.397 e. The van der Waals surface area contributed by atoms with Gasteiger partial charge in [-0.05, 0) is 24.3 Å². The molecule has 0 saturated heterocycles. The van der Waals surface area contributed by atoms with Crippen LogP contribution in [-0.2, 0) is 0 Å². The summed E-state index contributed by atoms with van der Waals surface area (Å²) in [7, 11) is 0. The smallest absolute Gasteiger partial charge is 0.268 e. The van der Waals surface area contributed by atoms with Crippen molar-refractivity contribution in [2.24, 2.45) is 0 Å². The summed E-state index contributed by atoms with van der Waals surface area (Å²) in [6, 6.07) is 7.91. The first-order chi connectivity index (χ1) is 10.1. The molecule has 0 atom stereocenters. The van der Waals surface area contributed by atoms with Gasteiger partial charge in [0.25, 0.3) is 5.91 Å². The Labute approximate surface area is 128 Å². The van der Waals surface area contributed by atoms with Gasteiger partial charge in [0.15, 0.2) is 5.82 Å². The molecular weight excluding hydrogens is 313 g/mol. The average molecular weight is 322 g/mol. The predicted molar refractivity (Wildman–Crippen MR) is 83.4 cm³/mol. The van der Waals surface area contributed by atoms with Crippen LogP contribution in [0.2, 0.25) is 5.02 Å². The van der Waals surface area contributed by atoms with Gasteiger partial charge in [-0.2, -0.15) is 0 Å². The maximum atomic E-state index is 13.8. The van der Waals surface area contributed by atoms with Crippen molar-refractivity contribution in [1.29, 1.82) is 0 Å². The van der Waals surface area contributed by atoms with E-state index in [2.05, 4.69) is 10.3 Å². The molecule has 3 N–H and O–H groups in total. The highest BCUT2D eigenvalue weighted by Crippen LogP contribution is 2.33. The number of nitrogen functional groups attached to an aromatic ring is 1. The number of nitrogens with zero attached hydrogens (tertiary/aromatic N) is 1. The molecule has 0 radical (unpaired) electrons. The van der Waals surface area contributed by atoms with Crippen molar-refractivity contribution in [3.05, 3.63) is 52.2 Å². The zero-order chi connectivity index (χ0) is 15.0. The van der Waals surface area contributed by atoms with Crippen LogP contribution in [-0.4, -0.2) is 10.9 Å². The molecule has 0 aliphatic heterocycles. The molecule has 2 aromatic heterocycles. The number of amides is 1. The van der Waals surface area contributed by atoms with E-state index in [0.29, 0.717) is 20.8 Å². The maximum absolute atomic E-state index is 13.8. The van der Waals surface area contributed by atoms with Crippen LogP contribution in [0.3, 0.4) is 0 Å². The molecule has 0 unspecified atom stereocenters. The summed E-state index contributed by atoms with van der Waals surface area (Å²) in [5.74, 6) is -1.16. The van der Waals surface area contributed by atoms with Crippen LogP contribution in [0.1, 0.15) is 9.67 Å². The topological polar surface area (TPSA) is 68.0 Å². The minimum atomic E-state index is -0.676. The second kappa shape index (κ2) is 5.31. The Hall–Kier alpha value is -2.18. The van der Waals surface area contributed by atoms with E-state index in [4.69, 9.17) is 17.3 Å². The van der Waals surface area contributed by atoms with Crippen molar-refractivity contribution in [2.75, 3.05) is 11.1 Å². The van der Waals surface area contributed by atoms with Gasteiger partial charge < -0.3 is 11.1 Å². The molecule has 1 amide bonds. The summed E-state index contributed by atoms with van der Waals surface area (Å²) in [5, 5.41) is 3.12.